The van der Waals surface area contributed by atoms with E-state index in [0.717, 1.165) is 12.8 Å². The Hall–Kier alpha value is -0.810. The van der Waals surface area contributed by atoms with Gasteiger partial charge in [0, 0.05) is 34.6 Å². The molecule has 1 aromatic rings. The van der Waals surface area contributed by atoms with Crippen LogP contribution in [0.3, 0.4) is 0 Å². The number of hydrogen-bond acceptors (Lipinski definition) is 3. The van der Waals surface area contributed by atoms with Crippen LogP contribution in [-0.2, 0) is 9.47 Å². The van der Waals surface area contributed by atoms with Crippen LogP contribution in [0.2, 0.25) is 10.0 Å². The van der Waals surface area contributed by atoms with Crippen molar-refractivity contribution in [3.8, 4) is 0 Å². The summed E-state index contributed by atoms with van der Waals surface area (Å²) in [6, 6.07) is 4.94. The number of carbonyl (C=O) groups is 1. The molecule has 2 aliphatic heterocycles. The fraction of sp³-hybridized carbons (Fsp3) is 0.533. The van der Waals surface area contributed by atoms with Gasteiger partial charge in [-0.05, 0) is 31.0 Å². The Morgan fingerprint density at radius 1 is 1.05 bits per heavy atom. The van der Waals surface area contributed by atoms with Crippen LogP contribution in [0.25, 0.3) is 0 Å². The molecule has 0 aromatic heterocycles. The molecule has 0 unspecified atom stereocenters. The van der Waals surface area contributed by atoms with Crippen molar-refractivity contribution in [3.05, 3.63) is 33.8 Å². The Morgan fingerprint density at radius 3 is 2.19 bits per heavy atom. The first-order chi connectivity index (χ1) is 10.1. The highest BCUT2D eigenvalue weighted by molar-refractivity contribution is 6.35. The number of benzene rings is 1. The molecule has 1 amide bonds. The highest BCUT2D eigenvalue weighted by atomic mass is 35.5. The average Bonchev–Trinajstić information content (AvgIpc) is 3.00. The van der Waals surface area contributed by atoms with Crippen LogP contribution in [0, 0.1) is 5.92 Å². The molecule has 2 fully saturated rings. The molecular weight excluding hydrogens is 313 g/mol. The van der Waals surface area contributed by atoms with Crippen molar-refractivity contribution in [3.63, 3.8) is 0 Å². The van der Waals surface area contributed by atoms with Crippen LogP contribution >= 0.6 is 23.2 Å². The Balaban J connectivity index is 1.62. The van der Waals surface area contributed by atoms with E-state index >= 15 is 0 Å². The minimum atomic E-state index is -0.0946. The summed E-state index contributed by atoms with van der Waals surface area (Å²) in [5, 5.41) is 0.960. The lowest BCUT2D eigenvalue weighted by molar-refractivity contribution is -0.0956. The number of rotatable bonds is 2. The summed E-state index contributed by atoms with van der Waals surface area (Å²) in [4.78, 5) is 14.3. The predicted molar refractivity (Wildman–Crippen MR) is 80.8 cm³/mol. The lowest BCUT2D eigenvalue weighted by Gasteiger charge is -2.34. The van der Waals surface area contributed by atoms with Gasteiger partial charge in [-0.3, -0.25) is 4.79 Å². The van der Waals surface area contributed by atoms with Crippen molar-refractivity contribution in [1.82, 2.24) is 4.90 Å². The monoisotopic (exact) mass is 329 g/mol. The summed E-state index contributed by atoms with van der Waals surface area (Å²) in [5.74, 6) is 0.352. The lowest BCUT2D eigenvalue weighted by Crippen LogP contribution is -2.41. The van der Waals surface area contributed by atoms with Crippen LogP contribution in [0.5, 0.6) is 0 Å². The van der Waals surface area contributed by atoms with Gasteiger partial charge >= 0.3 is 0 Å². The second-order valence-electron chi connectivity index (χ2n) is 5.40. The molecule has 0 N–H and O–H groups in total. The molecule has 3 rings (SSSR count). The SMILES string of the molecule is O=C(c1cc(Cl)cc(Cl)c1)N1CCC(C2OCCO2)CC1. The lowest BCUT2D eigenvalue weighted by atomic mass is 9.95. The third-order valence-corrected chi connectivity index (χ3v) is 4.41. The van der Waals surface area contributed by atoms with Gasteiger partial charge in [0.1, 0.15) is 0 Å². The van der Waals surface area contributed by atoms with Gasteiger partial charge in [0.05, 0.1) is 13.2 Å². The van der Waals surface area contributed by atoms with E-state index in [-0.39, 0.29) is 12.2 Å². The molecule has 0 spiro atoms. The van der Waals surface area contributed by atoms with Crippen LogP contribution in [-0.4, -0.2) is 43.4 Å². The van der Waals surface area contributed by atoms with Gasteiger partial charge < -0.3 is 14.4 Å². The van der Waals surface area contributed by atoms with E-state index in [1.54, 1.807) is 18.2 Å². The first kappa shape index (κ1) is 15.1. The summed E-state index contributed by atoms with van der Waals surface area (Å²) in [7, 11) is 0. The van der Waals surface area contributed by atoms with E-state index in [0.29, 0.717) is 47.8 Å². The third kappa shape index (κ3) is 3.51. The summed E-state index contributed by atoms with van der Waals surface area (Å²) >= 11 is 11.9. The van der Waals surface area contributed by atoms with Gasteiger partial charge in [-0.1, -0.05) is 23.2 Å². The molecule has 2 aliphatic rings. The number of nitrogens with zero attached hydrogens (tertiary/aromatic N) is 1. The first-order valence-corrected chi connectivity index (χ1v) is 7.87. The molecule has 0 saturated carbocycles. The summed E-state index contributed by atoms with van der Waals surface area (Å²) in [6.07, 6.45) is 1.69. The fourth-order valence-electron chi connectivity index (χ4n) is 2.88. The second-order valence-corrected chi connectivity index (χ2v) is 6.27. The van der Waals surface area contributed by atoms with Gasteiger partial charge in [-0.25, -0.2) is 0 Å². The van der Waals surface area contributed by atoms with E-state index < -0.39 is 0 Å². The zero-order valence-corrected chi connectivity index (χ0v) is 13.1. The molecule has 0 atom stereocenters. The summed E-state index contributed by atoms with van der Waals surface area (Å²) in [6.45, 7) is 2.75. The Kier molecular flexibility index (Phi) is 4.69. The van der Waals surface area contributed by atoms with Gasteiger partial charge in [0.2, 0.25) is 0 Å². The first-order valence-electron chi connectivity index (χ1n) is 7.12. The maximum absolute atomic E-state index is 12.5. The van der Waals surface area contributed by atoms with Crippen molar-refractivity contribution in [2.24, 2.45) is 5.92 Å². The molecule has 21 heavy (non-hydrogen) atoms. The molecule has 0 aliphatic carbocycles. The van der Waals surface area contributed by atoms with E-state index in [1.807, 2.05) is 4.90 Å². The number of ether oxygens (including phenoxy) is 2. The number of piperidine rings is 1. The highest BCUT2D eigenvalue weighted by Gasteiger charge is 2.32. The smallest absolute Gasteiger partial charge is 0.253 e. The topological polar surface area (TPSA) is 38.8 Å². The largest absolute Gasteiger partial charge is 0.350 e. The van der Waals surface area contributed by atoms with Gasteiger partial charge in [-0.15, -0.1) is 0 Å². The van der Waals surface area contributed by atoms with Crippen molar-refractivity contribution in [2.45, 2.75) is 19.1 Å². The zero-order chi connectivity index (χ0) is 14.8. The van der Waals surface area contributed by atoms with Gasteiger partial charge in [0.15, 0.2) is 6.29 Å². The van der Waals surface area contributed by atoms with E-state index in [2.05, 4.69) is 0 Å². The second kappa shape index (κ2) is 6.53. The number of hydrogen-bond donors (Lipinski definition) is 0. The van der Waals surface area contributed by atoms with Crippen molar-refractivity contribution in [1.29, 1.82) is 0 Å². The average molecular weight is 330 g/mol. The van der Waals surface area contributed by atoms with Crippen molar-refractivity contribution < 1.29 is 14.3 Å². The minimum absolute atomic E-state index is 0.0221. The Morgan fingerprint density at radius 2 is 1.62 bits per heavy atom. The summed E-state index contributed by atoms with van der Waals surface area (Å²) < 4.78 is 11.1. The number of amides is 1. The molecular formula is C15H17Cl2NO3. The molecule has 114 valence electrons. The van der Waals surface area contributed by atoms with E-state index in [9.17, 15) is 4.79 Å². The molecule has 4 nitrogen and oxygen atoms in total. The van der Waals surface area contributed by atoms with Crippen molar-refractivity contribution in [2.75, 3.05) is 26.3 Å². The van der Waals surface area contributed by atoms with E-state index in [1.165, 1.54) is 0 Å². The molecule has 0 bridgehead atoms. The van der Waals surface area contributed by atoms with Gasteiger partial charge in [0.25, 0.3) is 5.91 Å². The Labute approximate surface area is 133 Å². The number of halogens is 2. The van der Waals surface area contributed by atoms with Crippen LogP contribution in [0.1, 0.15) is 23.2 Å². The summed E-state index contributed by atoms with van der Waals surface area (Å²) in [5.41, 5.74) is 0.541. The third-order valence-electron chi connectivity index (χ3n) is 3.97. The molecule has 0 radical (unpaired) electrons. The minimum Gasteiger partial charge on any atom is -0.350 e. The standard InChI is InChI=1S/C15H17Cl2NO3/c16-12-7-11(8-13(17)9-12)14(19)18-3-1-10(2-4-18)15-20-5-6-21-15/h7-10,15H,1-6H2. The number of likely N-dealkylation sites (tertiary alicyclic amines) is 1. The van der Waals surface area contributed by atoms with Crippen LogP contribution < -0.4 is 0 Å². The molecule has 1 aromatic carbocycles. The normalized spacial score (nSPS) is 21.0. The van der Waals surface area contributed by atoms with Gasteiger partial charge in [-0.2, -0.15) is 0 Å². The van der Waals surface area contributed by atoms with Crippen molar-refractivity contribution >= 4 is 29.1 Å². The molecule has 2 heterocycles. The number of carbonyl (C=O) groups excluding carboxylic acids is 1. The molecule has 6 heteroatoms. The zero-order valence-electron chi connectivity index (χ0n) is 11.6. The predicted octanol–water partition coefficient (Wildman–Crippen LogP) is 3.22. The fourth-order valence-corrected chi connectivity index (χ4v) is 3.41. The maximum Gasteiger partial charge on any atom is 0.253 e. The highest BCUT2D eigenvalue weighted by Crippen LogP contribution is 2.27. The molecule has 2 saturated heterocycles. The maximum atomic E-state index is 12.5. The quantitative estimate of drug-likeness (QED) is 0.836. The van der Waals surface area contributed by atoms with Crippen LogP contribution in [0.4, 0.5) is 0 Å². The van der Waals surface area contributed by atoms with Crippen LogP contribution in [0.15, 0.2) is 18.2 Å². The Bertz CT molecular complexity index is 503. The van der Waals surface area contributed by atoms with E-state index in [4.69, 9.17) is 32.7 Å².